The molecule has 2 heterocycles. The lowest BCUT2D eigenvalue weighted by atomic mass is 10.3. The molecule has 2 aromatic heterocycles. The fraction of sp³-hybridized carbons (Fsp3) is 0.154. The number of halogens is 1. The normalized spacial score (nSPS) is 10.3. The van der Waals surface area contributed by atoms with Gasteiger partial charge in [0.1, 0.15) is 4.92 Å². The van der Waals surface area contributed by atoms with Crippen LogP contribution in [0.25, 0.3) is 0 Å². The molecule has 110 valence electrons. The smallest absolute Gasteiger partial charge is 0.395 e. The number of furan rings is 1. The van der Waals surface area contributed by atoms with Gasteiger partial charge >= 0.3 is 5.88 Å². The highest BCUT2D eigenvalue weighted by Crippen LogP contribution is 2.24. The van der Waals surface area contributed by atoms with E-state index >= 15 is 0 Å². The fourth-order valence-corrected chi connectivity index (χ4v) is 2.80. The summed E-state index contributed by atoms with van der Waals surface area (Å²) in [6.45, 7) is 4.23. The Kier molecular flexibility index (Phi) is 4.77. The first-order valence-corrected chi connectivity index (χ1v) is 7.09. The van der Waals surface area contributed by atoms with Gasteiger partial charge in [0.05, 0.1) is 16.9 Å². The fourth-order valence-electron chi connectivity index (χ4n) is 1.70. The van der Waals surface area contributed by atoms with Crippen LogP contribution in [0, 0.1) is 10.1 Å². The first kappa shape index (κ1) is 15.3. The van der Waals surface area contributed by atoms with Crippen molar-refractivity contribution >= 4 is 34.7 Å². The molecule has 0 spiro atoms. The summed E-state index contributed by atoms with van der Waals surface area (Å²) in [5, 5.41) is 10.6. The van der Waals surface area contributed by atoms with Gasteiger partial charge < -0.3 is 9.32 Å². The number of nitrogens with zero attached hydrogens (tertiary/aromatic N) is 2. The summed E-state index contributed by atoms with van der Waals surface area (Å²) >= 11 is 7.22. The average Bonchev–Trinajstić information content (AvgIpc) is 3.06. The number of thiophene rings is 1. The van der Waals surface area contributed by atoms with E-state index < -0.39 is 16.7 Å². The van der Waals surface area contributed by atoms with E-state index in [-0.39, 0.29) is 5.76 Å². The van der Waals surface area contributed by atoms with E-state index in [1.165, 1.54) is 22.3 Å². The molecule has 0 bridgehead atoms. The molecule has 0 aliphatic carbocycles. The minimum Gasteiger partial charge on any atom is -0.395 e. The predicted octanol–water partition coefficient (Wildman–Crippen LogP) is 3.73. The molecule has 0 unspecified atom stereocenters. The molecule has 0 N–H and O–H groups in total. The summed E-state index contributed by atoms with van der Waals surface area (Å²) < 4.78 is 5.56. The van der Waals surface area contributed by atoms with E-state index in [4.69, 9.17) is 16.0 Å². The van der Waals surface area contributed by atoms with Crippen molar-refractivity contribution in [1.29, 1.82) is 0 Å². The van der Waals surface area contributed by atoms with Crippen molar-refractivity contribution in [2.75, 3.05) is 6.54 Å². The zero-order chi connectivity index (χ0) is 15.4. The van der Waals surface area contributed by atoms with Crippen molar-refractivity contribution in [1.82, 2.24) is 4.90 Å². The van der Waals surface area contributed by atoms with Gasteiger partial charge in [-0.2, -0.15) is 0 Å². The Bertz CT molecular complexity index is 679. The van der Waals surface area contributed by atoms with Crippen LogP contribution in [-0.2, 0) is 6.54 Å². The average molecular weight is 327 g/mol. The van der Waals surface area contributed by atoms with Gasteiger partial charge in [0, 0.05) is 11.4 Å². The molecule has 0 fully saturated rings. The van der Waals surface area contributed by atoms with Gasteiger partial charge in [0.2, 0.25) is 0 Å². The van der Waals surface area contributed by atoms with E-state index in [0.717, 1.165) is 10.9 Å². The molecule has 0 saturated heterocycles. The molecule has 21 heavy (non-hydrogen) atoms. The summed E-state index contributed by atoms with van der Waals surface area (Å²) in [6.07, 6.45) is 1.57. The van der Waals surface area contributed by atoms with Crippen molar-refractivity contribution in [2.24, 2.45) is 0 Å². The summed E-state index contributed by atoms with van der Waals surface area (Å²) in [6, 6.07) is 6.01. The lowest BCUT2D eigenvalue weighted by Gasteiger charge is -2.18. The molecule has 2 aromatic rings. The Labute approximate surface area is 129 Å². The zero-order valence-electron chi connectivity index (χ0n) is 10.8. The van der Waals surface area contributed by atoms with Gasteiger partial charge in [-0.15, -0.1) is 17.9 Å². The van der Waals surface area contributed by atoms with Gasteiger partial charge in [0.15, 0.2) is 5.76 Å². The number of carbonyl (C=O) groups is 1. The van der Waals surface area contributed by atoms with Crippen LogP contribution < -0.4 is 0 Å². The number of nitro groups is 1. The Morgan fingerprint density at radius 1 is 1.48 bits per heavy atom. The molecule has 0 radical (unpaired) electrons. The van der Waals surface area contributed by atoms with Crippen LogP contribution in [0.15, 0.2) is 41.3 Å². The van der Waals surface area contributed by atoms with Crippen molar-refractivity contribution in [3.8, 4) is 0 Å². The second kappa shape index (κ2) is 6.55. The number of rotatable bonds is 6. The Morgan fingerprint density at radius 3 is 2.76 bits per heavy atom. The van der Waals surface area contributed by atoms with Crippen LogP contribution in [0.2, 0.25) is 4.34 Å². The predicted molar refractivity (Wildman–Crippen MR) is 79.6 cm³/mol. The Balaban J connectivity index is 2.17. The third-order valence-corrected chi connectivity index (χ3v) is 3.81. The van der Waals surface area contributed by atoms with E-state index in [9.17, 15) is 14.9 Å². The third kappa shape index (κ3) is 3.71. The van der Waals surface area contributed by atoms with Gasteiger partial charge in [-0.05, 0) is 18.2 Å². The minimum atomic E-state index is -0.687. The van der Waals surface area contributed by atoms with Crippen molar-refractivity contribution in [2.45, 2.75) is 6.54 Å². The van der Waals surface area contributed by atoms with Crippen LogP contribution in [0.3, 0.4) is 0 Å². The lowest BCUT2D eigenvalue weighted by molar-refractivity contribution is -0.402. The van der Waals surface area contributed by atoms with E-state index in [0.29, 0.717) is 17.4 Å². The van der Waals surface area contributed by atoms with Crippen molar-refractivity contribution in [3.05, 3.63) is 62.0 Å². The standard InChI is InChI=1S/C13H11ClN2O4S/c1-2-7-15(8-9-3-5-11(14)21-9)13(17)10-4-6-12(20-10)16(18)19/h2-6H,1,7-8H2. The molecule has 0 atom stereocenters. The molecule has 0 saturated carbocycles. The van der Waals surface area contributed by atoms with Crippen molar-refractivity contribution < 1.29 is 14.1 Å². The first-order chi connectivity index (χ1) is 10.0. The molecule has 8 heteroatoms. The van der Waals surface area contributed by atoms with Crippen LogP contribution in [0.5, 0.6) is 0 Å². The maximum Gasteiger partial charge on any atom is 0.433 e. The number of amides is 1. The van der Waals surface area contributed by atoms with E-state index in [2.05, 4.69) is 6.58 Å². The topological polar surface area (TPSA) is 76.6 Å². The van der Waals surface area contributed by atoms with Crippen LogP contribution in [-0.4, -0.2) is 22.3 Å². The molecule has 0 aliphatic rings. The highest BCUT2D eigenvalue weighted by Gasteiger charge is 2.22. The molecule has 6 nitrogen and oxygen atoms in total. The maximum atomic E-state index is 12.3. The molecular weight excluding hydrogens is 316 g/mol. The van der Waals surface area contributed by atoms with E-state index in [1.807, 2.05) is 6.07 Å². The van der Waals surface area contributed by atoms with E-state index in [1.54, 1.807) is 12.1 Å². The summed E-state index contributed by atoms with van der Waals surface area (Å²) in [5.74, 6) is -0.977. The largest absolute Gasteiger partial charge is 0.433 e. The molecule has 0 aromatic carbocycles. The lowest BCUT2D eigenvalue weighted by Crippen LogP contribution is -2.30. The summed E-state index contributed by atoms with van der Waals surface area (Å²) in [7, 11) is 0. The highest BCUT2D eigenvalue weighted by atomic mass is 35.5. The van der Waals surface area contributed by atoms with Gasteiger partial charge in [0.25, 0.3) is 5.91 Å². The second-order valence-corrected chi connectivity index (χ2v) is 5.87. The number of hydrogen-bond donors (Lipinski definition) is 0. The Morgan fingerprint density at radius 2 is 2.24 bits per heavy atom. The molecular formula is C13H11ClN2O4S. The van der Waals surface area contributed by atoms with Crippen molar-refractivity contribution in [3.63, 3.8) is 0 Å². The quantitative estimate of drug-likeness (QED) is 0.460. The van der Waals surface area contributed by atoms with Crippen LogP contribution in [0.4, 0.5) is 5.88 Å². The van der Waals surface area contributed by atoms with Gasteiger partial charge in [-0.1, -0.05) is 17.7 Å². The number of hydrogen-bond acceptors (Lipinski definition) is 5. The monoisotopic (exact) mass is 326 g/mol. The third-order valence-electron chi connectivity index (χ3n) is 2.59. The SMILES string of the molecule is C=CCN(Cc1ccc(Cl)s1)C(=O)c1ccc([N+](=O)[O-])o1. The number of carbonyl (C=O) groups excluding carboxylic acids is 1. The summed E-state index contributed by atoms with van der Waals surface area (Å²) in [5.41, 5.74) is 0. The first-order valence-electron chi connectivity index (χ1n) is 5.90. The molecule has 2 rings (SSSR count). The Hall–Kier alpha value is -2.12. The van der Waals surface area contributed by atoms with Crippen LogP contribution >= 0.6 is 22.9 Å². The second-order valence-electron chi connectivity index (χ2n) is 4.08. The molecule has 0 aliphatic heterocycles. The summed E-state index contributed by atoms with van der Waals surface area (Å²) in [4.78, 5) is 24.6. The van der Waals surface area contributed by atoms with Gasteiger partial charge in [-0.25, -0.2) is 0 Å². The minimum absolute atomic E-state index is 0.0776. The molecule has 1 amide bonds. The maximum absolute atomic E-state index is 12.3. The van der Waals surface area contributed by atoms with Crippen LogP contribution in [0.1, 0.15) is 15.4 Å². The highest BCUT2D eigenvalue weighted by molar-refractivity contribution is 7.16. The van der Waals surface area contributed by atoms with Gasteiger partial charge in [-0.3, -0.25) is 14.9 Å². The zero-order valence-corrected chi connectivity index (χ0v) is 12.4.